The molecule has 0 radical (unpaired) electrons. The molecular formula is C16H18N8O. The van der Waals surface area contributed by atoms with Gasteiger partial charge in [-0.15, -0.1) is 15.3 Å². The number of rotatable bonds is 2. The SMILES string of the molecule is Cc1nnc2ccc(N3CC4CN(C(=O)c5cn[nH]c5)CC4C3)nn12. The summed E-state index contributed by atoms with van der Waals surface area (Å²) in [4.78, 5) is 16.7. The molecule has 2 aliphatic rings. The first kappa shape index (κ1) is 14.4. The van der Waals surface area contributed by atoms with E-state index < -0.39 is 0 Å². The molecule has 9 heteroatoms. The van der Waals surface area contributed by atoms with E-state index in [-0.39, 0.29) is 5.91 Å². The van der Waals surface area contributed by atoms with Crippen molar-refractivity contribution in [2.24, 2.45) is 11.8 Å². The molecule has 9 nitrogen and oxygen atoms in total. The number of H-pyrrole nitrogens is 1. The van der Waals surface area contributed by atoms with E-state index in [1.165, 1.54) is 0 Å². The first-order valence-electron chi connectivity index (χ1n) is 8.41. The molecule has 3 aromatic heterocycles. The van der Waals surface area contributed by atoms with Crippen molar-refractivity contribution >= 4 is 17.4 Å². The van der Waals surface area contributed by atoms with Crippen LogP contribution in [0.25, 0.3) is 5.65 Å². The molecule has 1 amide bonds. The van der Waals surface area contributed by atoms with Gasteiger partial charge < -0.3 is 9.80 Å². The molecule has 0 bridgehead atoms. The Morgan fingerprint density at radius 2 is 1.96 bits per heavy atom. The van der Waals surface area contributed by atoms with Gasteiger partial charge in [0.2, 0.25) is 0 Å². The topological polar surface area (TPSA) is 95.3 Å². The molecule has 0 aliphatic carbocycles. The molecule has 2 saturated heterocycles. The van der Waals surface area contributed by atoms with E-state index in [1.54, 1.807) is 16.9 Å². The van der Waals surface area contributed by atoms with Crippen molar-refractivity contribution < 1.29 is 4.79 Å². The van der Waals surface area contributed by atoms with Crippen LogP contribution in [0.15, 0.2) is 24.5 Å². The fourth-order valence-corrected chi connectivity index (χ4v) is 3.95. The van der Waals surface area contributed by atoms with E-state index >= 15 is 0 Å². The van der Waals surface area contributed by atoms with Gasteiger partial charge in [-0.3, -0.25) is 9.89 Å². The van der Waals surface area contributed by atoms with Crippen LogP contribution in [0.4, 0.5) is 5.82 Å². The van der Waals surface area contributed by atoms with Gasteiger partial charge in [-0.05, 0) is 19.1 Å². The second-order valence-corrected chi connectivity index (χ2v) is 6.83. The summed E-state index contributed by atoms with van der Waals surface area (Å²) < 4.78 is 1.78. The van der Waals surface area contributed by atoms with Gasteiger partial charge in [0.25, 0.3) is 5.91 Å². The lowest BCUT2D eigenvalue weighted by molar-refractivity contribution is 0.0782. The molecule has 0 aromatic carbocycles. The van der Waals surface area contributed by atoms with Gasteiger partial charge in [0.1, 0.15) is 5.82 Å². The molecule has 5 rings (SSSR count). The van der Waals surface area contributed by atoms with Crippen LogP contribution in [0.1, 0.15) is 16.2 Å². The van der Waals surface area contributed by atoms with Gasteiger partial charge in [0.15, 0.2) is 11.5 Å². The molecule has 2 fully saturated rings. The molecule has 128 valence electrons. The average molecular weight is 338 g/mol. The summed E-state index contributed by atoms with van der Waals surface area (Å²) in [6.45, 7) is 5.31. The third-order valence-electron chi connectivity index (χ3n) is 5.25. The maximum Gasteiger partial charge on any atom is 0.257 e. The van der Waals surface area contributed by atoms with E-state index in [0.29, 0.717) is 17.4 Å². The number of aryl methyl sites for hydroxylation is 1. The Morgan fingerprint density at radius 1 is 1.16 bits per heavy atom. The van der Waals surface area contributed by atoms with Crippen LogP contribution < -0.4 is 4.90 Å². The molecule has 3 aromatic rings. The predicted molar refractivity (Wildman–Crippen MR) is 89.2 cm³/mol. The van der Waals surface area contributed by atoms with Crippen LogP contribution in [0.5, 0.6) is 0 Å². The molecule has 5 heterocycles. The minimum absolute atomic E-state index is 0.0642. The summed E-state index contributed by atoms with van der Waals surface area (Å²) >= 11 is 0. The van der Waals surface area contributed by atoms with Gasteiger partial charge in [0, 0.05) is 44.2 Å². The second-order valence-electron chi connectivity index (χ2n) is 6.83. The summed E-state index contributed by atoms with van der Waals surface area (Å²) in [5.74, 6) is 2.76. The van der Waals surface area contributed by atoms with Crippen molar-refractivity contribution in [3.8, 4) is 0 Å². The van der Waals surface area contributed by atoms with E-state index in [0.717, 1.165) is 43.5 Å². The number of aromatic nitrogens is 6. The quantitative estimate of drug-likeness (QED) is 0.725. The number of nitrogens with one attached hydrogen (secondary N) is 1. The summed E-state index contributed by atoms with van der Waals surface area (Å²) in [7, 11) is 0. The number of likely N-dealkylation sites (tertiary alicyclic amines) is 1. The summed E-state index contributed by atoms with van der Waals surface area (Å²) in [6.07, 6.45) is 3.24. The van der Waals surface area contributed by atoms with Crippen molar-refractivity contribution in [3.63, 3.8) is 0 Å². The Morgan fingerprint density at radius 3 is 2.68 bits per heavy atom. The van der Waals surface area contributed by atoms with Crippen molar-refractivity contribution in [2.45, 2.75) is 6.92 Å². The number of carbonyl (C=O) groups excluding carboxylic acids is 1. The predicted octanol–water partition coefficient (Wildman–Crippen LogP) is 0.364. The minimum atomic E-state index is 0.0642. The number of carbonyl (C=O) groups is 1. The number of fused-ring (bicyclic) bond motifs is 2. The zero-order valence-electron chi connectivity index (χ0n) is 13.8. The molecule has 0 saturated carbocycles. The Balaban J connectivity index is 1.31. The standard InChI is InChI=1S/C16H18N8O/c1-10-19-20-14-2-3-15(21-24(10)14)22-6-12-8-23(9-13(12)7-22)16(25)11-4-17-18-5-11/h2-5,12-13H,6-9H2,1H3,(H,17,18). The van der Waals surface area contributed by atoms with Gasteiger partial charge >= 0.3 is 0 Å². The molecule has 2 unspecified atom stereocenters. The van der Waals surface area contributed by atoms with Crippen molar-refractivity contribution in [1.82, 2.24) is 34.9 Å². The molecule has 2 atom stereocenters. The lowest BCUT2D eigenvalue weighted by Gasteiger charge is -2.22. The summed E-state index contributed by atoms with van der Waals surface area (Å²) in [6, 6.07) is 3.95. The lowest BCUT2D eigenvalue weighted by atomic mass is 10.0. The van der Waals surface area contributed by atoms with Crippen molar-refractivity contribution in [2.75, 3.05) is 31.1 Å². The smallest absolute Gasteiger partial charge is 0.257 e. The van der Waals surface area contributed by atoms with Gasteiger partial charge in [0.05, 0.1) is 11.8 Å². The normalized spacial score (nSPS) is 22.8. The Hall–Kier alpha value is -2.97. The molecule has 25 heavy (non-hydrogen) atoms. The number of anilines is 1. The monoisotopic (exact) mass is 338 g/mol. The Kier molecular flexibility index (Phi) is 3.03. The zero-order valence-corrected chi connectivity index (χ0v) is 13.8. The fraction of sp³-hybridized carbons (Fsp3) is 0.438. The number of hydrogen-bond donors (Lipinski definition) is 1. The van der Waals surface area contributed by atoms with E-state index in [2.05, 4.69) is 30.4 Å². The highest BCUT2D eigenvalue weighted by molar-refractivity contribution is 5.93. The fourth-order valence-electron chi connectivity index (χ4n) is 3.95. The van der Waals surface area contributed by atoms with E-state index in [1.807, 2.05) is 24.0 Å². The zero-order chi connectivity index (χ0) is 17.0. The van der Waals surface area contributed by atoms with Crippen LogP contribution in [-0.2, 0) is 0 Å². The maximum absolute atomic E-state index is 12.5. The summed E-state index contributed by atoms with van der Waals surface area (Å²) in [5, 5.41) is 19.4. The second kappa shape index (κ2) is 5.27. The average Bonchev–Trinajstić information content (AvgIpc) is 3.37. The van der Waals surface area contributed by atoms with Crippen LogP contribution in [0.3, 0.4) is 0 Å². The maximum atomic E-state index is 12.5. The van der Waals surface area contributed by atoms with Crippen LogP contribution in [-0.4, -0.2) is 67.0 Å². The van der Waals surface area contributed by atoms with Gasteiger partial charge in [-0.25, -0.2) is 0 Å². The highest BCUT2D eigenvalue weighted by Gasteiger charge is 2.42. The number of nitrogens with zero attached hydrogens (tertiary/aromatic N) is 7. The van der Waals surface area contributed by atoms with Gasteiger partial charge in [-0.2, -0.15) is 9.61 Å². The third kappa shape index (κ3) is 2.26. The van der Waals surface area contributed by atoms with E-state index in [4.69, 9.17) is 0 Å². The lowest BCUT2D eigenvalue weighted by Crippen LogP contribution is -2.33. The van der Waals surface area contributed by atoms with Crippen LogP contribution >= 0.6 is 0 Å². The number of hydrogen-bond acceptors (Lipinski definition) is 6. The van der Waals surface area contributed by atoms with Gasteiger partial charge in [-0.1, -0.05) is 0 Å². The van der Waals surface area contributed by atoms with Crippen molar-refractivity contribution in [3.05, 3.63) is 35.9 Å². The molecule has 1 N–H and O–H groups in total. The van der Waals surface area contributed by atoms with E-state index in [9.17, 15) is 4.79 Å². The Labute approximate surface area is 143 Å². The third-order valence-corrected chi connectivity index (χ3v) is 5.25. The summed E-state index contributed by atoms with van der Waals surface area (Å²) in [5.41, 5.74) is 1.39. The first-order valence-corrected chi connectivity index (χ1v) is 8.41. The number of aromatic amines is 1. The number of amides is 1. The molecule has 0 spiro atoms. The Bertz CT molecular complexity index is 919. The highest BCUT2D eigenvalue weighted by Crippen LogP contribution is 2.33. The molecular weight excluding hydrogens is 320 g/mol. The first-order chi connectivity index (χ1) is 12.2. The van der Waals surface area contributed by atoms with Crippen molar-refractivity contribution in [1.29, 1.82) is 0 Å². The highest BCUT2D eigenvalue weighted by atomic mass is 16.2. The largest absolute Gasteiger partial charge is 0.354 e. The minimum Gasteiger partial charge on any atom is -0.354 e. The molecule has 2 aliphatic heterocycles. The van der Waals surface area contributed by atoms with Crippen LogP contribution in [0.2, 0.25) is 0 Å². The van der Waals surface area contributed by atoms with Crippen LogP contribution in [0, 0.1) is 18.8 Å².